The van der Waals surface area contributed by atoms with Crippen LogP contribution in [0.5, 0.6) is 17.2 Å². The van der Waals surface area contributed by atoms with Gasteiger partial charge in [0.25, 0.3) is 0 Å². The summed E-state index contributed by atoms with van der Waals surface area (Å²) in [6.45, 7) is 9.40. The first-order valence-corrected chi connectivity index (χ1v) is 15.8. The molecule has 37 heavy (non-hydrogen) atoms. The van der Waals surface area contributed by atoms with Crippen LogP contribution in [-0.2, 0) is 4.74 Å². The van der Waals surface area contributed by atoms with Crippen molar-refractivity contribution in [2.24, 2.45) is 0 Å². The van der Waals surface area contributed by atoms with Crippen molar-refractivity contribution in [3.05, 3.63) is 83.6 Å². The minimum Gasteiger partial charge on any atom is -0.497 e. The maximum atomic E-state index is 6.50. The van der Waals surface area contributed by atoms with Gasteiger partial charge in [0.1, 0.15) is 28.6 Å². The Labute approximate surface area is 219 Å². The van der Waals surface area contributed by atoms with Crippen LogP contribution in [0.4, 0.5) is 0 Å². The molecule has 0 fully saturated rings. The molecule has 4 aromatic rings. The molecule has 4 rings (SSSR count). The lowest BCUT2D eigenvalue weighted by atomic mass is 10.0. The topological polar surface area (TPSA) is 50.1 Å². The van der Waals surface area contributed by atoms with E-state index in [1.54, 1.807) is 21.3 Å². The molecule has 0 unspecified atom stereocenters. The summed E-state index contributed by atoms with van der Waals surface area (Å²) in [4.78, 5) is 0. The highest BCUT2D eigenvalue weighted by Gasteiger charge is 2.27. The molecule has 5 nitrogen and oxygen atoms in total. The van der Waals surface area contributed by atoms with E-state index in [0.29, 0.717) is 35.2 Å². The normalized spacial score (nSPS) is 11.1. The third kappa shape index (κ3) is 5.46. The second-order valence-corrected chi connectivity index (χ2v) is 14.6. The zero-order chi connectivity index (χ0) is 26.6. The molecule has 0 bridgehead atoms. The van der Waals surface area contributed by atoms with E-state index in [9.17, 15) is 0 Å². The summed E-state index contributed by atoms with van der Waals surface area (Å²) in [7, 11) is 3.09. The molecule has 0 saturated carbocycles. The fraction of sp³-hybridized carbons (Fsp3) is 0.258. The number of rotatable bonds is 9. The predicted molar refractivity (Wildman–Crippen MR) is 153 cm³/mol. The van der Waals surface area contributed by atoms with E-state index in [1.807, 2.05) is 49.4 Å². The standard InChI is InChI=1S/C31H34O5Si/c1-8-35-26(20-28(37(5,6)7)21-12-10-9-11-13-21)30-29-25(34-4)18-24(33-3)19-27(29)36-31(30)22-14-16-23(32-2)17-15-22/h9-19H,8H2,1-7H3. The number of hydrogen-bond acceptors (Lipinski definition) is 5. The molecule has 1 aromatic heterocycles. The Bertz CT molecular complexity index is 1440. The number of methoxy groups -OCH3 is 3. The first kappa shape index (κ1) is 26.2. The Morgan fingerprint density at radius 1 is 0.838 bits per heavy atom. The van der Waals surface area contributed by atoms with Crippen LogP contribution in [0.25, 0.3) is 33.2 Å². The minimum atomic E-state index is -1.84. The second-order valence-electron chi connectivity index (χ2n) is 9.62. The fourth-order valence-corrected chi connectivity index (χ4v) is 5.86. The first-order valence-electron chi connectivity index (χ1n) is 12.3. The number of benzene rings is 3. The van der Waals surface area contributed by atoms with Crippen LogP contribution in [0, 0.1) is 0 Å². The predicted octanol–water partition coefficient (Wildman–Crippen LogP) is 8.06. The molecule has 6 heteroatoms. The van der Waals surface area contributed by atoms with Crippen molar-refractivity contribution < 1.29 is 23.4 Å². The number of furan rings is 1. The Hall–Kier alpha value is -3.86. The number of fused-ring (bicyclic) bond motifs is 1. The van der Waals surface area contributed by atoms with Gasteiger partial charge in [-0.05, 0) is 41.9 Å². The summed E-state index contributed by atoms with van der Waals surface area (Å²) >= 11 is 0. The smallest absolute Gasteiger partial charge is 0.174 e. The third-order valence-electron chi connectivity index (χ3n) is 6.10. The maximum absolute atomic E-state index is 6.50. The molecule has 0 aliphatic heterocycles. The van der Waals surface area contributed by atoms with Gasteiger partial charge in [0.2, 0.25) is 0 Å². The minimum absolute atomic E-state index is 0.475. The number of ether oxygens (including phenoxy) is 4. The lowest BCUT2D eigenvalue weighted by Gasteiger charge is -2.20. The van der Waals surface area contributed by atoms with Gasteiger partial charge in [-0.1, -0.05) is 55.7 Å². The van der Waals surface area contributed by atoms with Crippen LogP contribution in [0.15, 0.2) is 76.9 Å². The Morgan fingerprint density at radius 2 is 1.51 bits per heavy atom. The Morgan fingerprint density at radius 3 is 2.08 bits per heavy atom. The summed E-state index contributed by atoms with van der Waals surface area (Å²) in [5, 5.41) is 1.98. The monoisotopic (exact) mass is 514 g/mol. The molecule has 0 N–H and O–H groups in total. The van der Waals surface area contributed by atoms with Gasteiger partial charge in [-0.2, -0.15) is 0 Å². The Kier molecular flexibility index (Phi) is 7.82. The molecule has 0 aliphatic carbocycles. The van der Waals surface area contributed by atoms with Crippen LogP contribution < -0.4 is 14.2 Å². The molecule has 0 amide bonds. The zero-order valence-electron chi connectivity index (χ0n) is 22.6. The van der Waals surface area contributed by atoms with E-state index < -0.39 is 8.07 Å². The summed E-state index contributed by atoms with van der Waals surface area (Å²) in [6.07, 6.45) is 0. The largest absolute Gasteiger partial charge is 0.497 e. The summed E-state index contributed by atoms with van der Waals surface area (Å²) in [5.74, 6) is 3.35. The van der Waals surface area contributed by atoms with Crippen molar-refractivity contribution in [1.82, 2.24) is 0 Å². The van der Waals surface area contributed by atoms with Crippen molar-refractivity contribution in [3.63, 3.8) is 0 Å². The van der Waals surface area contributed by atoms with Crippen LogP contribution in [-0.4, -0.2) is 36.0 Å². The average Bonchev–Trinajstić information content (AvgIpc) is 3.29. The van der Waals surface area contributed by atoms with Gasteiger partial charge in [-0.25, -0.2) is 0 Å². The van der Waals surface area contributed by atoms with Gasteiger partial charge in [0, 0.05) is 17.7 Å². The summed E-state index contributed by atoms with van der Waals surface area (Å²) < 4.78 is 29.6. The SMILES string of the molecule is CCOC(=C=C(c1ccccc1)[Si](C)(C)C)c1c(-c2ccc(OC)cc2)oc2cc(OC)cc(OC)c12. The fourth-order valence-electron chi connectivity index (χ4n) is 4.33. The molecule has 0 spiro atoms. The van der Waals surface area contributed by atoms with E-state index in [0.717, 1.165) is 27.8 Å². The highest BCUT2D eigenvalue weighted by atomic mass is 28.3. The van der Waals surface area contributed by atoms with Crippen molar-refractivity contribution >= 4 is 30.0 Å². The molecule has 1 heterocycles. The molecule has 0 aliphatic rings. The van der Waals surface area contributed by atoms with Crippen molar-refractivity contribution in [2.45, 2.75) is 26.6 Å². The lowest BCUT2D eigenvalue weighted by molar-refractivity contribution is 0.299. The van der Waals surface area contributed by atoms with Crippen molar-refractivity contribution in [1.29, 1.82) is 0 Å². The van der Waals surface area contributed by atoms with Crippen molar-refractivity contribution in [2.75, 3.05) is 27.9 Å². The van der Waals surface area contributed by atoms with Gasteiger partial charge in [-0.15, -0.1) is 0 Å². The lowest BCUT2D eigenvalue weighted by Crippen LogP contribution is -2.22. The van der Waals surface area contributed by atoms with Crippen LogP contribution in [0.2, 0.25) is 19.6 Å². The second kappa shape index (κ2) is 11.0. The maximum Gasteiger partial charge on any atom is 0.174 e. The van der Waals surface area contributed by atoms with Gasteiger partial charge in [-0.3, -0.25) is 0 Å². The molecule has 192 valence electrons. The Balaban J connectivity index is 2.15. The quantitative estimate of drug-likeness (QED) is 0.128. The summed E-state index contributed by atoms with van der Waals surface area (Å²) in [6, 6.07) is 21.9. The molecular weight excluding hydrogens is 480 g/mol. The van der Waals surface area contributed by atoms with Crippen LogP contribution in [0.1, 0.15) is 18.1 Å². The van der Waals surface area contributed by atoms with Crippen molar-refractivity contribution in [3.8, 4) is 28.6 Å². The van der Waals surface area contributed by atoms with E-state index in [1.165, 1.54) is 5.20 Å². The molecule has 0 saturated heterocycles. The molecule has 0 radical (unpaired) electrons. The summed E-state index contributed by atoms with van der Waals surface area (Å²) in [5.41, 5.74) is 7.20. The van der Waals surface area contributed by atoms with E-state index in [2.05, 4.69) is 49.6 Å². The molecular formula is C31H34O5Si. The average molecular weight is 515 g/mol. The highest BCUT2D eigenvalue weighted by molar-refractivity contribution is 6.93. The van der Waals surface area contributed by atoms with Crippen LogP contribution in [0.3, 0.4) is 0 Å². The third-order valence-corrected chi connectivity index (χ3v) is 8.02. The highest BCUT2D eigenvalue weighted by Crippen LogP contribution is 2.45. The van der Waals surface area contributed by atoms with Gasteiger partial charge < -0.3 is 23.4 Å². The van der Waals surface area contributed by atoms with Gasteiger partial charge >= 0.3 is 0 Å². The molecule has 0 atom stereocenters. The van der Waals surface area contributed by atoms with Gasteiger partial charge in [0.15, 0.2) is 5.76 Å². The van der Waals surface area contributed by atoms with Crippen LogP contribution >= 0.6 is 0 Å². The van der Waals surface area contributed by atoms with E-state index in [4.69, 9.17) is 23.4 Å². The van der Waals surface area contributed by atoms with E-state index in [-0.39, 0.29) is 0 Å². The molecule has 3 aromatic carbocycles. The number of hydrogen-bond donors (Lipinski definition) is 0. The van der Waals surface area contributed by atoms with Gasteiger partial charge in [0.05, 0.1) is 47.0 Å². The first-order chi connectivity index (χ1) is 17.8. The zero-order valence-corrected chi connectivity index (χ0v) is 23.6. The van der Waals surface area contributed by atoms with E-state index >= 15 is 0 Å².